The van der Waals surface area contributed by atoms with Crippen LogP contribution in [-0.2, 0) is 17.8 Å². The van der Waals surface area contributed by atoms with Gasteiger partial charge in [-0.25, -0.2) is 0 Å². The van der Waals surface area contributed by atoms with E-state index in [0.717, 1.165) is 24.0 Å². The Bertz CT molecular complexity index is 862. The van der Waals surface area contributed by atoms with Crippen molar-refractivity contribution >= 4 is 11.8 Å². The fraction of sp³-hybridized carbons (Fsp3) is 0.333. The molecule has 1 aliphatic carbocycles. The van der Waals surface area contributed by atoms with E-state index >= 15 is 0 Å². The van der Waals surface area contributed by atoms with E-state index < -0.39 is 17.6 Å². The van der Waals surface area contributed by atoms with Crippen molar-refractivity contribution in [1.82, 2.24) is 10.6 Å². The van der Waals surface area contributed by atoms with Gasteiger partial charge in [-0.15, -0.1) is 0 Å². The topological polar surface area (TPSA) is 87.7 Å². The van der Waals surface area contributed by atoms with E-state index in [2.05, 4.69) is 10.6 Å². The highest BCUT2D eigenvalue weighted by Crippen LogP contribution is 2.48. The lowest BCUT2D eigenvalue weighted by atomic mass is 9.95. The molecule has 140 valence electrons. The number of aliphatic hydroxyl groups is 1. The lowest BCUT2D eigenvalue weighted by Gasteiger charge is -2.15. The number of imide groups is 1. The SMILES string of the molecule is O=C(NC(=O)C1(Cc2ccccc2)CC1)c1ccc2c(c1)OC(O)CNC2. The van der Waals surface area contributed by atoms with E-state index in [1.807, 2.05) is 30.3 Å². The number of amides is 2. The van der Waals surface area contributed by atoms with Crippen LogP contribution in [0.5, 0.6) is 5.75 Å². The maximum Gasteiger partial charge on any atom is 0.257 e. The summed E-state index contributed by atoms with van der Waals surface area (Å²) in [6, 6.07) is 14.9. The lowest BCUT2D eigenvalue weighted by Crippen LogP contribution is -2.37. The molecule has 3 N–H and O–H groups in total. The van der Waals surface area contributed by atoms with Crippen LogP contribution in [0.4, 0.5) is 0 Å². The Kier molecular flexibility index (Phi) is 4.68. The molecule has 0 aromatic heterocycles. The Morgan fingerprint density at radius 3 is 2.70 bits per heavy atom. The van der Waals surface area contributed by atoms with Crippen LogP contribution in [0.3, 0.4) is 0 Å². The number of carbonyl (C=O) groups excluding carboxylic acids is 2. The molecule has 1 fully saturated rings. The van der Waals surface area contributed by atoms with Crippen LogP contribution in [0.1, 0.15) is 34.3 Å². The number of β-amino-alcohol motifs (C(OH)–C–C–N with tert-alkyl or cyclic N) is 1. The minimum Gasteiger partial charge on any atom is -0.463 e. The number of aliphatic hydroxyl groups excluding tert-OH is 1. The third-order valence-corrected chi connectivity index (χ3v) is 5.17. The molecule has 6 heteroatoms. The summed E-state index contributed by atoms with van der Waals surface area (Å²) in [7, 11) is 0. The first-order valence-electron chi connectivity index (χ1n) is 9.14. The number of nitrogens with one attached hydrogen (secondary N) is 2. The quantitative estimate of drug-likeness (QED) is 0.718. The Labute approximate surface area is 157 Å². The molecule has 1 unspecified atom stereocenters. The maximum absolute atomic E-state index is 12.7. The van der Waals surface area contributed by atoms with Gasteiger partial charge in [0.15, 0.2) is 0 Å². The van der Waals surface area contributed by atoms with Crippen molar-refractivity contribution in [1.29, 1.82) is 0 Å². The van der Waals surface area contributed by atoms with Crippen molar-refractivity contribution in [3.63, 3.8) is 0 Å². The number of hydrogen-bond acceptors (Lipinski definition) is 5. The zero-order valence-corrected chi connectivity index (χ0v) is 14.9. The Hall–Kier alpha value is -2.70. The molecule has 0 bridgehead atoms. The van der Waals surface area contributed by atoms with Gasteiger partial charge in [0.1, 0.15) is 5.75 Å². The summed E-state index contributed by atoms with van der Waals surface area (Å²) in [6.07, 6.45) is 1.24. The highest BCUT2D eigenvalue weighted by Gasteiger charge is 2.50. The van der Waals surface area contributed by atoms with Gasteiger partial charge in [-0.3, -0.25) is 14.9 Å². The third kappa shape index (κ3) is 3.86. The normalized spacial score (nSPS) is 20.0. The monoisotopic (exact) mass is 366 g/mol. The highest BCUT2D eigenvalue weighted by atomic mass is 16.6. The van der Waals surface area contributed by atoms with Crippen LogP contribution >= 0.6 is 0 Å². The van der Waals surface area contributed by atoms with Gasteiger partial charge in [0, 0.05) is 17.7 Å². The van der Waals surface area contributed by atoms with E-state index in [9.17, 15) is 14.7 Å². The second-order valence-electron chi connectivity index (χ2n) is 7.25. The molecular weight excluding hydrogens is 344 g/mol. The zero-order chi connectivity index (χ0) is 18.9. The van der Waals surface area contributed by atoms with E-state index in [0.29, 0.717) is 30.8 Å². The van der Waals surface area contributed by atoms with Crippen molar-refractivity contribution in [2.45, 2.75) is 32.1 Å². The molecular formula is C21H22N2O4. The Balaban J connectivity index is 1.45. The summed E-state index contributed by atoms with van der Waals surface area (Å²) < 4.78 is 5.44. The molecule has 1 aliphatic heterocycles. The van der Waals surface area contributed by atoms with Gasteiger partial charge >= 0.3 is 0 Å². The minimum atomic E-state index is -0.966. The van der Waals surface area contributed by atoms with Crippen molar-refractivity contribution in [3.05, 3.63) is 65.2 Å². The van der Waals surface area contributed by atoms with Crippen LogP contribution in [0.25, 0.3) is 0 Å². The Morgan fingerprint density at radius 1 is 1.19 bits per heavy atom. The largest absolute Gasteiger partial charge is 0.463 e. The molecule has 2 aromatic rings. The average molecular weight is 366 g/mol. The molecule has 0 radical (unpaired) electrons. The molecule has 4 rings (SSSR count). The number of carbonyl (C=O) groups is 2. The van der Waals surface area contributed by atoms with Gasteiger partial charge in [0.2, 0.25) is 12.2 Å². The molecule has 1 heterocycles. The summed E-state index contributed by atoms with van der Waals surface area (Å²) >= 11 is 0. The number of fused-ring (bicyclic) bond motifs is 1. The van der Waals surface area contributed by atoms with Crippen LogP contribution < -0.4 is 15.4 Å². The molecule has 6 nitrogen and oxygen atoms in total. The van der Waals surface area contributed by atoms with E-state index in [1.165, 1.54) is 0 Å². The second kappa shape index (κ2) is 7.13. The smallest absolute Gasteiger partial charge is 0.257 e. The van der Waals surface area contributed by atoms with Gasteiger partial charge in [-0.1, -0.05) is 36.4 Å². The molecule has 2 aromatic carbocycles. The predicted octanol–water partition coefficient (Wildman–Crippen LogP) is 1.77. The van der Waals surface area contributed by atoms with E-state index in [4.69, 9.17) is 4.74 Å². The Morgan fingerprint density at radius 2 is 1.96 bits per heavy atom. The first-order chi connectivity index (χ1) is 13.1. The van der Waals surface area contributed by atoms with Gasteiger partial charge in [-0.05, 0) is 37.0 Å². The van der Waals surface area contributed by atoms with Crippen LogP contribution in [-0.4, -0.2) is 29.8 Å². The molecule has 1 atom stereocenters. The van der Waals surface area contributed by atoms with Gasteiger partial charge < -0.3 is 15.2 Å². The molecule has 1 saturated carbocycles. The molecule has 27 heavy (non-hydrogen) atoms. The third-order valence-electron chi connectivity index (χ3n) is 5.17. The van der Waals surface area contributed by atoms with Crippen molar-refractivity contribution in [3.8, 4) is 5.75 Å². The first kappa shape index (κ1) is 17.7. The van der Waals surface area contributed by atoms with Gasteiger partial charge in [-0.2, -0.15) is 0 Å². The van der Waals surface area contributed by atoms with E-state index in [1.54, 1.807) is 18.2 Å². The summed E-state index contributed by atoms with van der Waals surface area (Å²) in [4.78, 5) is 25.3. The summed E-state index contributed by atoms with van der Waals surface area (Å²) in [5.41, 5.74) is 1.81. The molecule has 0 spiro atoms. The summed E-state index contributed by atoms with van der Waals surface area (Å²) in [5, 5.41) is 15.3. The number of ether oxygens (including phenoxy) is 1. The van der Waals surface area contributed by atoms with Crippen molar-refractivity contribution in [2.24, 2.45) is 5.41 Å². The fourth-order valence-electron chi connectivity index (χ4n) is 3.40. The first-order valence-corrected chi connectivity index (χ1v) is 9.14. The number of benzene rings is 2. The summed E-state index contributed by atoms with van der Waals surface area (Å²) in [5.74, 6) is -0.218. The minimum absolute atomic E-state index is 0.228. The van der Waals surface area contributed by atoms with Gasteiger partial charge in [0.05, 0.1) is 12.0 Å². The number of rotatable bonds is 4. The lowest BCUT2D eigenvalue weighted by molar-refractivity contribution is -0.125. The predicted molar refractivity (Wildman–Crippen MR) is 99.1 cm³/mol. The van der Waals surface area contributed by atoms with E-state index in [-0.39, 0.29) is 5.91 Å². The van der Waals surface area contributed by atoms with Gasteiger partial charge in [0.25, 0.3) is 5.91 Å². The van der Waals surface area contributed by atoms with Crippen molar-refractivity contribution < 1.29 is 19.4 Å². The summed E-state index contributed by atoms with van der Waals surface area (Å²) in [6.45, 7) is 0.865. The second-order valence-corrected chi connectivity index (χ2v) is 7.25. The highest BCUT2D eigenvalue weighted by molar-refractivity contribution is 6.07. The molecule has 2 aliphatic rings. The standard InChI is InChI=1S/C21H22N2O4/c24-18-13-22-12-16-7-6-15(10-17(16)27-18)19(25)23-20(26)21(8-9-21)11-14-4-2-1-3-5-14/h1-7,10,18,22,24H,8-9,11-13H2,(H,23,25,26). The van der Waals surface area contributed by atoms with Crippen molar-refractivity contribution in [2.75, 3.05) is 6.54 Å². The zero-order valence-electron chi connectivity index (χ0n) is 14.9. The van der Waals surface area contributed by atoms with Crippen LogP contribution in [0.2, 0.25) is 0 Å². The number of hydrogen-bond donors (Lipinski definition) is 3. The molecule has 0 saturated heterocycles. The molecule has 2 amide bonds. The van der Waals surface area contributed by atoms with Crippen LogP contribution in [0, 0.1) is 5.41 Å². The fourth-order valence-corrected chi connectivity index (χ4v) is 3.40. The maximum atomic E-state index is 12.7. The average Bonchev–Trinajstić information content (AvgIpc) is 3.46. The van der Waals surface area contributed by atoms with Crippen LogP contribution in [0.15, 0.2) is 48.5 Å².